The van der Waals surface area contributed by atoms with E-state index in [-0.39, 0.29) is 0 Å². The van der Waals surface area contributed by atoms with Crippen LogP contribution in [0.1, 0.15) is 57.8 Å². The molecule has 2 saturated carbocycles. The van der Waals surface area contributed by atoms with Crippen molar-refractivity contribution < 1.29 is 0 Å². The highest BCUT2D eigenvalue weighted by molar-refractivity contribution is 4.95. The molecule has 0 bridgehead atoms. The molecule has 1 spiro atoms. The van der Waals surface area contributed by atoms with Crippen molar-refractivity contribution in [3.8, 4) is 0 Å². The third-order valence-corrected chi connectivity index (χ3v) is 4.27. The van der Waals surface area contributed by atoms with E-state index in [1.54, 1.807) is 0 Å². The normalized spacial score (nSPS) is 29.4. The van der Waals surface area contributed by atoms with Gasteiger partial charge in [-0.1, -0.05) is 19.3 Å². The maximum Gasteiger partial charge on any atom is 0.00388 e. The van der Waals surface area contributed by atoms with Crippen LogP contribution in [0.3, 0.4) is 0 Å². The van der Waals surface area contributed by atoms with E-state index in [9.17, 15) is 0 Å². The zero-order valence-electron chi connectivity index (χ0n) is 9.93. The fourth-order valence-electron chi connectivity index (χ4n) is 2.77. The molecular formula is C13H26N2. The van der Waals surface area contributed by atoms with Crippen molar-refractivity contribution in [3.63, 3.8) is 0 Å². The Hall–Kier alpha value is -0.0800. The van der Waals surface area contributed by atoms with E-state index < -0.39 is 0 Å². The van der Waals surface area contributed by atoms with Gasteiger partial charge in [-0.3, -0.25) is 0 Å². The van der Waals surface area contributed by atoms with Crippen LogP contribution in [0, 0.1) is 5.41 Å². The Morgan fingerprint density at radius 1 is 0.867 bits per heavy atom. The van der Waals surface area contributed by atoms with Crippen LogP contribution in [0.5, 0.6) is 0 Å². The van der Waals surface area contributed by atoms with E-state index in [0.717, 1.165) is 5.41 Å². The molecule has 0 aromatic heterocycles. The highest BCUT2D eigenvalue weighted by Crippen LogP contribution is 2.52. The quantitative estimate of drug-likeness (QED) is 0.644. The van der Waals surface area contributed by atoms with E-state index in [1.807, 2.05) is 0 Å². The minimum Gasteiger partial charge on any atom is -0.328 e. The predicted molar refractivity (Wildman–Crippen MR) is 64.8 cm³/mol. The molecule has 0 aromatic carbocycles. The first-order chi connectivity index (χ1) is 7.31. The predicted octanol–water partition coefficient (Wildman–Crippen LogP) is 2.43. The Balaban J connectivity index is 0.000000115. The van der Waals surface area contributed by atoms with Crippen molar-refractivity contribution in [3.05, 3.63) is 0 Å². The molecule has 1 saturated heterocycles. The maximum absolute atomic E-state index is 5.63. The lowest BCUT2D eigenvalue weighted by atomic mass is 9.95. The lowest BCUT2D eigenvalue weighted by Gasteiger charge is -2.20. The molecule has 15 heavy (non-hydrogen) atoms. The van der Waals surface area contributed by atoms with Gasteiger partial charge in [0.25, 0.3) is 0 Å². The molecule has 3 fully saturated rings. The second-order valence-electron chi connectivity index (χ2n) is 5.65. The molecule has 0 unspecified atom stereocenters. The summed E-state index contributed by atoms with van der Waals surface area (Å²) >= 11 is 0. The molecule has 1 heterocycles. The van der Waals surface area contributed by atoms with E-state index in [0.29, 0.717) is 6.04 Å². The van der Waals surface area contributed by atoms with Crippen LogP contribution in [0.2, 0.25) is 0 Å². The molecule has 88 valence electrons. The standard InChI is InChI=1S/C7H13N.C6H13N/c1-2-7(1)3-5-8-6-4-7;7-6-4-2-1-3-5-6/h8H,1-6H2;6H,1-5,7H2. The van der Waals surface area contributed by atoms with Gasteiger partial charge in [-0.05, 0) is 57.0 Å². The van der Waals surface area contributed by atoms with Crippen molar-refractivity contribution in [2.45, 2.75) is 63.8 Å². The largest absolute Gasteiger partial charge is 0.328 e. The van der Waals surface area contributed by atoms with Gasteiger partial charge in [0, 0.05) is 6.04 Å². The second kappa shape index (κ2) is 5.31. The summed E-state index contributed by atoms with van der Waals surface area (Å²) in [5, 5.41) is 3.38. The molecule has 0 amide bonds. The highest BCUT2D eigenvalue weighted by atomic mass is 14.9. The zero-order chi connectivity index (χ0) is 10.6. The topological polar surface area (TPSA) is 38.0 Å². The first-order valence-corrected chi connectivity index (χ1v) is 6.77. The van der Waals surface area contributed by atoms with Gasteiger partial charge in [0.2, 0.25) is 0 Å². The highest BCUT2D eigenvalue weighted by Gasteiger charge is 2.42. The Bertz CT molecular complexity index is 173. The summed E-state index contributed by atoms with van der Waals surface area (Å²) < 4.78 is 0. The van der Waals surface area contributed by atoms with Gasteiger partial charge in [0.1, 0.15) is 0 Å². The summed E-state index contributed by atoms with van der Waals surface area (Å²) in [5.41, 5.74) is 6.50. The molecule has 3 N–H and O–H groups in total. The first-order valence-electron chi connectivity index (χ1n) is 6.77. The summed E-state index contributed by atoms with van der Waals surface area (Å²) in [5.74, 6) is 0. The fraction of sp³-hybridized carbons (Fsp3) is 1.00. The van der Waals surface area contributed by atoms with Crippen LogP contribution >= 0.6 is 0 Å². The molecule has 0 radical (unpaired) electrons. The van der Waals surface area contributed by atoms with Gasteiger partial charge in [0.05, 0.1) is 0 Å². The van der Waals surface area contributed by atoms with Crippen molar-refractivity contribution in [2.24, 2.45) is 11.1 Å². The molecule has 0 atom stereocenters. The number of nitrogens with two attached hydrogens (primary N) is 1. The first kappa shape index (κ1) is 11.4. The van der Waals surface area contributed by atoms with Gasteiger partial charge in [-0.2, -0.15) is 0 Å². The van der Waals surface area contributed by atoms with Crippen LogP contribution in [0.15, 0.2) is 0 Å². The number of rotatable bonds is 0. The van der Waals surface area contributed by atoms with E-state index in [4.69, 9.17) is 5.73 Å². The van der Waals surface area contributed by atoms with E-state index >= 15 is 0 Å². The summed E-state index contributed by atoms with van der Waals surface area (Å²) in [4.78, 5) is 0. The third kappa shape index (κ3) is 3.76. The van der Waals surface area contributed by atoms with E-state index in [2.05, 4.69) is 5.32 Å². The van der Waals surface area contributed by atoms with E-state index in [1.165, 1.54) is 70.9 Å². The van der Waals surface area contributed by atoms with Gasteiger partial charge in [-0.15, -0.1) is 0 Å². The molecule has 2 nitrogen and oxygen atoms in total. The second-order valence-corrected chi connectivity index (χ2v) is 5.65. The van der Waals surface area contributed by atoms with Crippen molar-refractivity contribution >= 4 is 0 Å². The smallest absolute Gasteiger partial charge is 0.00388 e. The molecule has 0 aromatic rings. The molecular weight excluding hydrogens is 184 g/mol. The Labute approximate surface area is 94.0 Å². The van der Waals surface area contributed by atoms with Gasteiger partial charge < -0.3 is 11.1 Å². The Morgan fingerprint density at radius 3 is 1.80 bits per heavy atom. The van der Waals surface area contributed by atoms with Crippen molar-refractivity contribution in [1.29, 1.82) is 0 Å². The third-order valence-electron chi connectivity index (χ3n) is 4.27. The summed E-state index contributed by atoms with van der Waals surface area (Å²) in [6, 6.07) is 0.536. The minimum atomic E-state index is 0.536. The monoisotopic (exact) mass is 210 g/mol. The van der Waals surface area contributed by atoms with Crippen molar-refractivity contribution in [1.82, 2.24) is 5.32 Å². The lowest BCUT2D eigenvalue weighted by molar-refractivity contribution is 0.353. The molecule has 2 heteroatoms. The van der Waals surface area contributed by atoms with Crippen LogP contribution < -0.4 is 11.1 Å². The zero-order valence-corrected chi connectivity index (χ0v) is 9.93. The van der Waals surface area contributed by atoms with Gasteiger partial charge in [-0.25, -0.2) is 0 Å². The Morgan fingerprint density at radius 2 is 1.47 bits per heavy atom. The van der Waals surface area contributed by atoms with Crippen molar-refractivity contribution in [2.75, 3.05) is 13.1 Å². The Kier molecular flexibility index (Phi) is 4.04. The molecule has 1 aliphatic heterocycles. The maximum atomic E-state index is 5.63. The number of piperidine rings is 1. The summed E-state index contributed by atoms with van der Waals surface area (Å²) in [6.07, 6.45) is 12.6. The summed E-state index contributed by atoms with van der Waals surface area (Å²) in [6.45, 7) is 2.56. The number of hydrogen-bond donors (Lipinski definition) is 2. The van der Waals surface area contributed by atoms with Crippen LogP contribution in [-0.2, 0) is 0 Å². The molecule has 2 aliphatic carbocycles. The number of nitrogens with one attached hydrogen (secondary N) is 1. The average Bonchev–Trinajstić information content (AvgIpc) is 3.01. The lowest BCUT2D eigenvalue weighted by Crippen LogP contribution is -2.28. The minimum absolute atomic E-state index is 0.536. The SMILES string of the molecule is C1CC2(CCN1)CC2.NC1CCCCC1. The fourth-order valence-corrected chi connectivity index (χ4v) is 2.77. The molecule has 3 aliphatic rings. The van der Waals surface area contributed by atoms with Gasteiger partial charge >= 0.3 is 0 Å². The van der Waals surface area contributed by atoms with Crippen LogP contribution in [-0.4, -0.2) is 19.1 Å². The van der Waals surface area contributed by atoms with Gasteiger partial charge in [0.15, 0.2) is 0 Å². The summed E-state index contributed by atoms with van der Waals surface area (Å²) in [7, 11) is 0. The van der Waals surface area contributed by atoms with Crippen LogP contribution in [0.25, 0.3) is 0 Å². The molecule has 3 rings (SSSR count). The number of hydrogen-bond acceptors (Lipinski definition) is 2. The van der Waals surface area contributed by atoms with Crippen LogP contribution in [0.4, 0.5) is 0 Å². The average molecular weight is 210 g/mol.